The standard InChI is InChI=1S/C15H17BrN4O4/c1-2-20-15(22)13(19-5-7-23-8-6-19)10(9-17-20)18-14(21)11-3-4-12(16)24-11/h3-4,9H,2,5-8H2,1H3,(H,18,21). The highest BCUT2D eigenvalue weighted by Gasteiger charge is 2.22. The molecule has 0 bridgehead atoms. The van der Waals surface area contributed by atoms with Gasteiger partial charge < -0.3 is 19.4 Å². The number of rotatable bonds is 4. The highest BCUT2D eigenvalue weighted by atomic mass is 79.9. The van der Waals surface area contributed by atoms with E-state index in [0.717, 1.165) is 0 Å². The second-order valence-corrected chi connectivity index (χ2v) is 5.97. The summed E-state index contributed by atoms with van der Waals surface area (Å²) < 4.78 is 12.4. The summed E-state index contributed by atoms with van der Waals surface area (Å²) in [4.78, 5) is 26.9. The quantitative estimate of drug-likeness (QED) is 0.845. The zero-order valence-electron chi connectivity index (χ0n) is 13.1. The molecule has 2 aromatic heterocycles. The van der Waals surface area contributed by atoms with Gasteiger partial charge in [0, 0.05) is 19.6 Å². The lowest BCUT2D eigenvalue weighted by atomic mass is 10.3. The average molecular weight is 397 g/mol. The summed E-state index contributed by atoms with van der Waals surface area (Å²) in [5.41, 5.74) is 0.552. The van der Waals surface area contributed by atoms with E-state index < -0.39 is 5.91 Å². The van der Waals surface area contributed by atoms with E-state index in [1.165, 1.54) is 10.9 Å². The van der Waals surface area contributed by atoms with Crippen molar-refractivity contribution in [3.05, 3.63) is 39.1 Å². The highest BCUT2D eigenvalue weighted by Crippen LogP contribution is 2.23. The molecule has 0 spiro atoms. The van der Waals surface area contributed by atoms with Crippen molar-refractivity contribution >= 4 is 33.2 Å². The summed E-state index contributed by atoms with van der Waals surface area (Å²) in [6.45, 7) is 4.53. The maximum Gasteiger partial charge on any atom is 0.292 e. The first kappa shape index (κ1) is 16.7. The van der Waals surface area contributed by atoms with Crippen LogP contribution in [0.25, 0.3) is 0 Å². The summed E-state index contributed by atoms with van der Waals surface area (Å²) in [6, 6.07) is 3.18. The van der Waals surface area contributed by atoms with Gasteiger partial charge in [-0.3, -0.25) is 9.59 Å². The molecule has 0 aromatic carbocycles. The van der Waals surface area contributed by atoms with Gasteiger partial charge in [0.1, 0.15) is 5.69 Å². The molecule has 0 radical (unpaired) electrons. The number of carbonyl (C=O) groups is 1. The first-order valence-electron chi connectivity index (χ1n) is 7.59. The van der Waals surface area contributed by atoms with Crippen molar-refractivity contribution in [1.82, 2.24) is 9.78 Å². The topological polar surface area (TPSA) is 89.6 Å². The van der Waals surface area contributed by atoms with E-state index in [2.05, 4.69) is 26.3 Å². The van der Waals surface area contributed by atoms with Crippen LogP contribution < -0.4 is 15.8 Å². The molecule has 2 aromatic rings. The smallest absolute Gasteiger partial charge is 0.292 e. The van der Waals surface area contributed by atoms with Crippen molar-refractivity contribution in [2.24, 2.45) is 0 Å². The summed E-state index contributed by atoms with van der Waals surface area (Å²) in [5.74, 6) is -0.292. The Kier molecular flexibility index (Phi) is 5.00. The van der Waals surface area contributed by atoms with Gasteiger partial charge in [0.05, 0.1) is 25.1 Å². The number of aryl methyl sites for hydroxylation is 1. The van der Waals surface area contributed by atoms with Crippen molar-refractivity contribution in [2.75, 3.05) is 36.5 Å². The van der Waals surface area contributed by atoms with Crippen molar-refractivity contribution in [1.29, 1.82) is 0 Å². The van der Waals surface area contributed by atoms with Crippen molar-refractivity contribution < 1.29 is 13.9 Å². The zero-order valence-corrected chi connectivity index (χ0v) is 14.7. The molecule has 1 N–H and O–H groups in total. The Bertz CT molecular complexity index is 795. The Morgan fingerprint density at radius 3 is 2.75 bits per heavy atom. The Morgan fingerprint density at radius 1 is 1.38 bits per heavy atom. The van der Waals surface area contributed by atoms with E-state index in [4.69, 9.17) is 9.15 Å². The van der Waals surface area contributed by atoms with Crippen LogP contribution in [0.2, 0.25) is 0 Å². The Hall–Kier alpha value is -2.13. The summed E-state index contributed by atoms with van der Waals surface area (Å²) in [6.07, 6.45) is 1.49. The fourth-order valence-corrected chi connectivity index (χ4v) is 2.81. The van der Waals surface area contributed by atoms with Gasteiger partial charge in [-0.1, -0.05) is 0 Å². The number of aromatic nitrogens is 2. The molecular formula is C15H17BrN4O4. The summed E-state index contributed by atoms with van der Waals surface area (Å²) >= 11 is 3.16. The molecular weight excluding hydrogens is 380 g/mol. The minimum Gasteiger partial charge on any atom is -0.444 e. The van der Waals surface area contributed by atoms with Gasteiger partial charge in [-0.25, -0.2) is 4.68 Å². The van der Waals surface area contributed by atoms with Crippen LogP contribution in [0.4, 0.5) is 11.4 Å². The van der Waals surface area contributed by atoms with Gasteiger partial charge in [-0.2, -0.15) is 5.10 Å². The number of ether oxygens (including phenoxy) is 1. The third kappa shape index (κ3) is 3.36. The normalized spacial score (nSPS) is 14.7. The Labute approximate surface area is 146 Å². The first-order valence-corrected chi connectivity index (χ1v) is 8.39. The van der Waals surface area contributed by atoms with Crippen molar-refractivity contribution in [3.8, 4) is 0 Å². The van der Waals surface area contributed by atoms with Crippen LogP contribution in [0.3, 0.4) is 0 Å². The van der Waals surface area contributed by atoms with Crippen LogP contribution >= 0.6 is 15.9 Å². The predicted octanol–water partition coefficient (Wildman–Crippen LogP) is 1.71. The van der Waals surface area contributed by atoms with E-state index in [9.17, 15) is 9.59 Å². The number of nitrogens with zero attached hydrogens (tertiary/aromatic N) is 3. The Balaban J connectivity index is 1.95. The third-order valence-corrected chi connectivity index (χ3v) is 4.12. The van der Waals surface area contributed by atoms with E-state index in [1.54, 1.807) is 12.1 Å². The van der Waals surface area contributed by atoms with Crippen LogP contribution in [0.15, 0.2) is 32.2 Å². The van der Waals surface area contributed by atoms with Gasteiger partial charge in [-0.05, 0) is 35.0 Å². The molecule has 0 saturated carbocycles. The maximum absolute atomic E-state index is 12.7. The average Bonchev–Trinajstić information content (AvgIpc) is 3.03. The molecule has 1 amide bonds. The molecule has 0 atom stereocenters. The molecule has 0 unspecified atom stereocenters. The second-order valence-electron chi connectivity index (χ2n) is 5.19. The fraction of sp³-hybridized carbons (Fsp3) is 0.400. The van der Waals surface area contributed by atoms with Gasteiger partial charge in [0.2, 0.25) is 0 Å². The lowest BCUT2D eigenvalue weighted by molar-refractivity contribution is 0.0995. The molecule has 128 valence electrons. The van der Waals surface area contributed by atoms with Crippen molar-refractivity contribution in [3.63, 3.8) is 0 Å². The molecule has 8 nitrogen and oxygen atoms in total. The van der Waals surface area contributed by atoms with Crippen LogP contribution in [0, 0.1) is 0 Å². The van der Waals surface area contributed by atoms with Crippen LogP contribution in [-0.4, -0.2) is 42.0 Å². The lowest BCUT2D eigenvalue weighted by Gasteiger charge is -2.29. The molecule has 1 aliphatic rings. The van der Waals surface area contributed by atoms with E-state index in [-0.39, 0.29) is 11.3 Å². The number of amides is 1. The number of halogens is 1. The fourth-order valence-electron chi connectivity index (χ4n) is 2.51. The molecule has 3 rings (SSSR count). The molecule has 1 aliphatic heterocycles. The number of carbonyl (C=O) groups excluding carboxylic acids is 1. The van der Waals surface area contributed by atoms with E-state index >= 15 is 0 Å². The number of morpholine rings is 1. The zero-order chi connectivity index (χ0) is 17.1. The van der Waals surface area contributed by atoms with Crippen LogP contribution in [0.5, 0.6) is 0 Å². The minimum atomic E-state index is -0.439. The second kappa shape index (κ2) is 7.18. The molecule has 9 heteroatoms. The lowest BCUT2D eigenvalue weighted by Crippen LogP contribution is -2.41. The number of furan rings is 1. The molecule has 0 aliphatic carbocycles. The summed E-state index contributed by atoms with van der Waals surface area (Å²) in [5, 5.41) is 6.81. The SMILES string of the molecule is CCn1ncc(NC(=O)c2ccc(Br)o2)c(N2CCOCC2)c1=O. The predicted molar refractivity (Wildman–Crippen MR) is 91.6 cm³/mol. The monoisotopic (exact) mass is 396 g/mol. The van der Waals surface area contributed by atoms with Gasteiger partial charge >= 0.3 is 0 Å². The maximum atomic E-state index is 12.7. The molecule has 24 heavy (non-hydrogen) atoms. The molecule has 3 heterocycles. The first-order chi connectivity index (χ1) is 11.6. The minimum absolute atomic E-state index is 0.148. The van der Waals surface area contributed by atoms with Gasteiger partial charge in [-0.15, -0.1) is 0 Å². The summed E-state index contributed by atoms with van der Waals surface area (Å²) in [7, 11) is 0. The number of hydrogen-bond donors (Lipinski definition) is 1. The Morgan fingerprint density at radius 2 is 2.12 bits per heavy atom. The van der Waals surface area contributed by atoms with E-state index in [0.29, 0.717) is 48.9 Å². The number of anilines is 2. The van der Waals surface area contributed by atoms with E-state index in [1.807, 2.05) is 11.8 Å². The largest absolute Gasteiger partial charge is 0.444 e. The van der Waals surface area contributed by atoms with Crippen molar-refractivity contribution in [2.45, 2.75) is 13.5 Å². The van der Waals surface area contributed by atoms with Gasteiger partial charge in [0.25, 0.3) is 11.5 Å². The van der Waals surface area contributed by atoms with Gasteiger partial charge in [0.15, 0.2) is 10.4 Å². The molecule has 1 fully saturated rings. The molecule has 1 saturated heterocycles. The number of nitrogens with one attached hydrogen (secondary N) is 1. The number of hydrogen-bond acceptors (Lipinski definition) is 6. The third-order valence-electron chi connectivity index (χ3n) is 3.69. The van der Waals surface area contributed by atoms with Crippen LogP contribution in [-0.2, 0) is 11.3 Å². The van der Waals surface area contributed by atoms with Crippen LogP contribution in [0.1, 0.15) is 17.5 Å². The highest BCUT2D eigenvalue weighted by molar-refractivity contribution is 9.10.